The monoisotopic (exact) mass is 456 g/mol. The molecule has 0 spiro atoms. The van der Waals surface area contributed by atoms with Gasteiger partial charge in [0.2, 0.25) is 5.91 Å². The van der Waals surface area contributed by atoms with Crippen molar-refractivity contribution in [2.75, 3.05) is 22.8 Å². The normalized spacial score (nSPS) is 16.3. The predicted octanol–water partition coefficient (Wildman–Crippen LogP) is 4.67. The van der Waals surface area contributed by atoms with Gasteiger partial charge < -0.3 is 9.64 Å². The average molecular weight is 456 g/mol. The van der Waals surface area contributed by atoms with Gasteiger partial charge in [-0.25, -0.2) is 8.42 Å². The molecule has 0 aromatic heterocycles. The van der Waals surface area contributed by atoms with Gasteiger partial charge in [-0.2, -0.15) is 13.2 Å². The summed E-state index contributed by atoms with van der Waals surface area (Å²) in [6.45, 7) is 6.03. The largest absolute Gasteiger partial charge is 0.490 e. The zero-order valence-electron chi connectivity index (χ0n) is 17.3. The summed E-state index contributed by atoms with van der Waals surface area (Å²) < 4.78 is 72.2. The highest BCUT2D eigenvalue weighted by Crippen LogP contribution is 2.39. The Kier molecular flexibility index (Phi) is 5.96. The van der Waals surface area contributed by atoms with E-state index in [1.807, 2.05) is 6.92 Å². The topological polar surface area (TPSA) is 75.7 Å². The van der Waals surface area contributed by atoms with Crippen molar-refractivity contribution >= 4 is 27.3 Å². The molecular formula is C21H23F3N2O4S. The van der Waals surface area contributed by atoms with Crippen molar-refractivity contribution in [3.8, 4) is 5.75 Å². The first-order chi connectivity index (χ1) is 14.3. The maximum absolute atomic E-state index is 12.9. The van der Waals surface area contributed by atoms with E-state index in [2.05, 4.69) is 4.72 Å². The first kappa shape index (κ1) is 22.9. The first-order valence-corrected chi connectivity index (χ1v) is 11.1. The number of ether oxygens (including phenoxy) is 1. The summed E-state index contributed by atoms with van der Waals surface area (Å²) in [5, 5.41) is 0. The van der Waals surface area contributed by atoms with Crippen molar-refractivity contribution < 1.29 is 31.1 Å². The molecule has 0 aliphatic carbocycles. The number of halogens is 3. The summed E-state index contributed by atoms with van der Waals surface area (Å²) in [6.07, 6.45) is -3.95. The van der Waals surface area contributed by atoms with Crippen LogP contribution in [0.15, 0.2) is 47.4 Å². The highest BCUT2D eigenvalue weighted by molar-refractivity contribution is 7.92. The van der Waals surface area contributed by atoms with Crippen LogP contribution in [-0.4, -0.2) is 27.5 Å². The highest BCUT2D eigenvalue weighted by atomic mass is 32.2. The molecule has 168 valence electrons. The third-order valence-corrected chi connectivity index (χ3v) is 6.21. The SMILES string of the molecule is CCCN1C(=O)C(C)(C)COc2cc(NS(=O)(=O)c3cccc(C(F)(F)F)c3)ccc21. The van der Waals surface area contributed by atoms with Crippen LogP contribution >= 0.6 is 0 Å². The van der Waals surface area contributed by atoms with E-state index in [-0.39, 0.29) is 18.2 Å². The molecular weight excluding hydrogens is 433 g/mol. The van der Waals surface area contributed by atoms with E-state index in [1.165, 1.54) is 12.1 Å². The van der Waals surface area contributed by atoms with Crippen LogP contribution in [0.1, 0.15) is 32.8 Å². The van der Waals surface area contributed by atoms with Crippen LogP contribution < -0.4 is 14.4 Å². The number of sulfonamides is 1. The fraction of sp³-hybridized carbons (Fsp3) is 0.381. The van der Waals surface area contributed by atoms with Gasteiger partial charge in [0.25, 0.3) is 10.0 Å². The summed E-state index contributed by atoms with van der Waals surface area (Å²) in [7, 11) is -4.28. The third-order valence-electron chi connectivity index (χ3n) is 4.83. The van der Waals surface area contributed by atoms with Gasteiger partial charge in [-0.3, -0.25) is 9.52 Å². The van der Waals surface area contributed by atoms with Gasteiger partial charge in [0.05, 0.1) is 27.2 Å². The lowest BCUT2D eigenvalue weighted by molar-refractivity contribution is -0.137. The van der Waals surface area contributed by atoms with Gasteiger partial charge >= 0.3 is 6.18 Å². The van der Waals surface area contributed by atoms with Crippen molar-refractivity contribution in [2.45, 2.75) is 38.3 Å². The lowest BCUT2D eigenvalue weighted by Crippen LogP contribution is -2.42. The number of carbonyl (C=O) groups is 1. The van der Waals surface area contributed by atoms with Crippen LogP contribution in [0, 0.1) is 5.41 Å². The molecule has 10 heteroatoms. The molecule has 2 aromatic carbocycles. The van der Waals surface area contributed by atoms with Crippen LogP contribution in [0.2, 0.25) is 0 Å². The average Bonchev–Trinajstić information content (AvgIpc) is 2.78. The molecule has 3 rings (SSSR count). The minimum atomic E-state index is -4.66. The zero-order chi connectivity index (χ0) is 23.0. The van der Waals surface area contributed by atoms with Gasteiger partial charge in [-0.1, -0.05) is 13.0 Å². The number of rotatable bonds is 5. The molecule has 1 amide bonds. The number of anilines is 2. The van der Waals surface area contributed by atoms with E-state index in [9.17, 15) is 26.4 Å². The van der Waals surface area contributed by atoms with E-state index in [0.29, 0.717) is 30.5 Å². The number of nitrogens with one attached hydrogen (secondary N) is 1. The zero-order valence-corrected chi connectivity index (χ0v) is 18.1. The van der Waals surface area contributed by atoms with Crippen LogP contribution in [-0.2, 0) is 21.0 Å². The molecule has 1 N–H and O–H groups in total. The Morgan fingerprint density at radius 3 is 2.52 bits per heavy atom. The molecule has 31 heavy (non-hydrogen) atoms. The molecule has 0 bridgehead atoms. The highest BCUT2D eigenvalue weighted by Gasteiger charge is 2.37. The van der Waals surface area contributed by atoms with Gasteiger partial charge in [0.15, 0.2) is 0 Å². The maximum atomic E-state index is 12.9. The van der Waals surface area contributed by atoms with Crippen molar-refractivity contribution in [3.63, 3.8) is 0 Å². The first-order valence-electron chi connectivity index (χ1n) is 9.64. The molecule has 0 saturated heterocycles. The molecule has 0 radical (unpaired) electrons. The van der Waals surface area contributed by atoms with Crippen molar-refractivity contribution in [1.82, 2.24) is 0 Å². The van der Waals surface area contributed by atoms with E-state index < -0.39 is 32.1 Å². The molecule has 0 fully saturated rings. The predicted molar refractivity (Wildman–Crippen MR) is 111 cm³/mol. The molecule has 6 nitrogen and oxygen atoms in total. The van der Waals surface area contributed by atoms with Crippen LogP contribution in [0.4, 0.5) is 24.5 Å². The number of hydrogen-bond donors (Lipinski definition) is 1. The summed E-state index contributed by atoms with van der Waals surface area (Å²) in [6, 6.07) is 7.94. The van der Waals surface area contributed by atoms with Crippen molar-refractivity contribution in [1.29, 1.82) is 0 Å². The number of amides is 1. The van der Waals surface area contributed by atoms with Gasteiger partial charge in [0, 0.05) is 12.6 Å². The summed E-state index contributed by atoms with van der Waals surface area (Å²) >= 11 is 0. The number of alkyl halides is 3. The summed E-state index contributed by atoms with van der Waals surface area (Å²) in [5.74, 6) is 0.210. The number of nitrogens with zero attached hydrogens (tertiary/aromatic N) is 1. The minimum absolute atomic E-state index is 0.100. The number of fused-ring (bicyclic) bond motifs is 1. The van der Waals surface area contributed by atoms with Crippen LogP contribution in [0.3, 0.4) is 0 Å². The molecule has 0 unspecified atom stereocenters. The smallest absolute Gasteiger partial charge is 0.416 e. The Bertz CT molecular complexity index is 1100. The molecule has 1 aliphatic rings. The number of hydrogen-bond acceptors (Lipinski definition) is 4. The quantitative estimate of drug-likeness (QED) is 0.710. The van der Waals surface area contributed by atoms with E-state index in [4.69, 9.17) is 4.74 Å². The molecule has 0 saturated carbocycles. The second-order valence-corrected chi connectivity index (χ2v) is 9.63. The molecule has 2 aromatic rings. The van der Waals surface area contributed by atoms with E-state index in [0.717, 1.165) is 18.2 Å². The Morgan fingerprint density at radius 1 is 1.16 bits per heavy atom. The fourth-order valence-electron chi connectivity index (χ4n) is 3.21. The lowest BCUT2D eigenvalue weighted by Gasteiger charge is -2.27. The second kappa shape index (κ2) is 8.07. The number of benzene rings is 2. The Hall–Kier alpha value is -2.75. The van der Waals surface area contributed by atoms with Crippen LogP contribution in [0.5, 0.6) is 5.75 Å². The van der Waals surface area contributed by atoms with Crippen LogP contribution in [0.25, 0.3) is 0 Å². The lowest BCUT2D eigenvalue weighted by atomic mass is 9.93. The summed E-state index contributed by atoms with van der Waals surface area (Å²) in [4.78, 5) is 14.0. The number of carbonyl (C=O) groups excluding carboxylic acids is 1. The standard InChI is InChI=1S/C21H23F3N2O4S/c1-4-10-26-17-9-8-15(12-18(17)30-13-20(2,3)19(26)27)25-31(28,29)16-7-5-6-14(11-16)21(22,23)24/h5-9,11-12,25H,4,10,13H2,1-3H3. The minimum Gasteiger partial charge on any atom is -0.490 e. The third kappa shape index (κ3) is 4.79. The fourth-order valence-corrected chi connectivity index (χ4v) is 4.31. The Labute approximate surface area is 179 Å². The van der Waals surface area contributed by atoms with E-state index in [1.54, 1.807) is 24.8 Å². The van der Waals surface area contributed by atoms with E-state index >= 15 is 0 Å². The molecule has 1 aliphatic heterocycles. The Morgan fingerprint density at radius 2 is 1.87 bits per heavy atom. The maximum Gasteiger partial charge on any atom is 0.416 e. The Balaban J connectivity index is 1.95. The summed E-state index contributed by atoms with van der Waals surface area (Å²) in [5.41, 5.74) is -1.21. The molecule has 0 atom stereocenters. The van der Waals surface area contributed by atoms with Gasteiger partial charge in [-0.15, -0.1) is 0 Å². The van der Waals surface area contributed by atoms with Gasteiger partial charge in [0.1, 0.15) is 12.4 Å². The van der Waals surface area contributed by atoms with Gasteiger partial charge in [-0.05, 0) is 50.6 Å². The van der Waals surface area contributed by atoms with Crippen molar-refractivity contribution in [3.05, 3.63) is 48.0 Å². The second-order valence-electron chi connectivity index (χ2n) is 7.94. The molecule has 1 heterocycles. The van der Waals surface area contributed by atoms with Crippen molar-refractivity contribution in [2.24, 2.45) is 5.41 Å².